The van der Waals surface area contributed by atoms with E-state index in [2.05, 4.69) is 0 Å². The zero-order valence-electron chi connectivity index (χ0n) is 13.8. The van der Waals surface area contributed by atoms with Gasteiger partial charge in [0.25, 0.3) is 0 Å². The van der Waals surface area contributed by atoms with E-state index < -0.39 is 12.0 Å². The van der Waals surface area contributed by atoms with Gasteiger partial charge in [-0.1, -0.05) is 12.1 Å². The smallest absolute Gasteiger partial charge is 0.326 e. The fourth-order valence-electron chi connectivity index (χ4n) is 3.74. The van der Waals surface area contributed by atoms with Crippen LogP contribution in [0, 0.1) is 0 Å². The number of nitrogens with zero attached hydrogens (tertiary/aromatic N) is 1. The van der Waals surface area contributed by atoms with Crippen LogP contribution in [0.15, 0.2) is 18.2 Å². The lowest BCUT2D eigenvalue weighted by molar-refractivity contribution is -0.148. The van der Waals surface area contributed by atoms with Crippen LogP contribution in [0.2, 0.25) is 0 Å². The normalized spacial score (nSPS) is 19.8. The molecule has 1 aromatic carbocycles. The number of carboxylic acids is 1. The molecular formula is C19H23NO4. The minimum absolute atomic E-state index is 0.0391. The lowest BCUT2D eigenvalue weighted by Crippen LogP contribution is -2.40. The highest BCUT2D eigenvalue weighted by Crippen LogP contribution is 2.23. The minimum Gasteiger partial charge on any atom is -0.480 e. The first-order chi connectivity index (χ1) is 11.6. The van der Waals surface area contributed by atoms with Crippen molar-refractivity contribution in [3.8, 4) is 0 Å². The molecular weight excluding hydrogens is 306 g/mol. The van der Waals surface area contributed by atoms with E-state index in [1.807, 2.05) is 18.2 Å². The summed E-state index contributed by atoms with van der Waals surface area (Å²) in [6.07, 6.45) is 5.89. The van der Waals surface area contributed by atoms with E-state index in [1.165, 1.54) is 22.4 Å². The van der Waals surface area contributed by atoms with Gasteiger partial charge in [-0.05, 0) is 55.7 Å². The number of carbonyl (C=O) groups excluding carboxylic acids is 2. The number of carbonyl (C=O) groups is 3. The molecule has 1 aliphatic carbocycles. The number of carboxylic acid groups (broad SMARTS) is 1. The highest BCUT2D eigenvalue weighted by atomic mass is 16.4. The standard InChI is InChI=1S/C19H23NO4/c21-17(15-8-7-13-4-1-2-5-14(13)12-15)9-10-18(22)20-11-3-6-16(20)19(23)24/h7-8,12,16H,1-6,9-11H2,(H,23,24)/t16-/m1/s1. The maximum absolute atomic E-state index is 12.4. The number of hydrogen-bond acceptors (Lipinski definition) is 3. The first-order valence-electron chi connectivity index (χ1n) is 8.73. The predicted molar refractivity (Wildman–Crippen MR) is 89.0 cm³/mol. The van der Waals surface area contributed by atoms with E-state index in [4.69, 9.17) is 5.11 Å². The zero-order chi connectivity index (χ0) is 17.1. The molecule has 0 saturated carbocycles. The van der Waals surface area contributed by atoms with Gasteiger partial charge in [0, 0.05) is 24.9 Å². The molecule has 0 unspecified atom stereocenters. The van der Waals surface area contributed by atoms with E-state index in [0.717, 1.165) is 19.3 Å². The van der Waals surface area contributed by atoms with Crippen molar-refractivity contribution >= 4 is 17.7 Å². The summed E-state index contributed by atoms with van der Waals surface area (Å²) in [7, 11) is 0. The molecule has 128 valence electrons. The Morgan fingerprint density at radius 2 is 1.79 bits per heavy atom. The number of ketones is 1. The molecule has 1 N–H and O–H groups in total. The van der Waals surface area contributed by atoms with Crippen LogP contribution in [-0.4, -0.2) is 40.3 Å². The monoisotopic (exact) mass is 329 g/mol. The number of rotatable bonds is 5. The predicted octanol–water partition coefficient (Wildman–Crippen LogP) is 2.60. The van der Waals surface area contributed by atoms with Crippen molar-refractivity contribution < 1.29 is 19.5 Å². The summed E-state index contributed by atoms with van der Waals surface area (Å²) >= 11 is 0. The number of amides is 1. The van der Waals surface area contributed by atoms with Crippen molar-refractivity contribution in [1.29, 1.82) is 0 Å². The Kier molecular flexibility index (Phi) is 4.97. The van der Waals surface area contributed by atoms with E-state index >= 15 is 0 Å². The average Bonchev–Trinajstić information content (AvgIpc) is 3.09. The number of aliphatic carboxylic acids is 1. The topological polar surface area (TPSA) is 74.7 Å². The largest absolute Gasteiger partial charge is 0.480 e. The fraction of sp³-hybridized carbons (Fsp3) is 0.526. The van der Waals surface area contributed by atoms with Crippen LogP contribution in [0.25, 0.3) is 0 Å². The Labute approximate surface area is 141 Å². The van der Waals surface area contributed by atoms with Crippen LogP contribution in [0.1, 0.15) is 60.0 Å². The highest BCUT2D eigenvalue weighted by molar-refractivity contribution is 5.98. The number of likely N-dealkylation sites (tertiary alicyclic amines) is 1. The lowest BCUT2D eigenvalue weighted by Gasteiger charge is -2.21. The van der Waals surface area contributed by atoms with Crippen LogP contribution in [-0.2, 0) is 22.4 Å². The first-order valence-corrected chi connectivity index (χ1v) is 8.73. The highest BCUT2D eigenvalue weighted by Gasteiger charge is 2.33. The number of Topliss-reactive ketones (excluding diaryl/α,β-unsaturated/α-hetero) is 1. The van der Waals surface area contributed by atoms with Crippen LogP contribution < -0.4 is 0 Å². The number of benzene rings is 1. The second kappa shape index (κ2) is 7.16. The Morgan fingerprint density at radius 1 is 1.04 bits per heavy atom. The van der Waals surface area contributed by atoms with E-state index in [9.17, 15) is 14.4 Å². The maximum atomic E-state index is 12.4. The quantitative estimate of drug-likeness (QED) is 0.843. The van der Waals surface area contributed by atoms with Gasteiger partial charge in [-0.3, -0.25) is 9.59 Å². The van der Waals surface area contributed by atoms with Crippen LogP contribution in [0.5, 0.6) is 0 Å². The van der Waals surface area contributed by atoms with Crippen molar-refractivity contribution in [3.63, 3.8) is 0 Å². The first kappa shape index (κ1) is 16.7. The molecule has 24 heavy (non-hydrogen) atoms. The van der Waals surface area contributed by atoms with Crippen molar-refractivity contribution in [2.24, 2.45) is 0 Å². The SMILES string of the molecule is O=C(CCC(=O)N1CCC[C@@H]1C(=O)O)c1ccc2c(c1)CCCC2. The summed E-state index contributed by atoms with van der Waals surface area (Å²) in [6.45, 7) is 0.475. The summed E-state index contributed by atoms with van der Waals surface area (Å²) in [5, 5.41) is 9.14. The molecule has 1 saturated heterocycles. The summed E-state index contributed by atoms with van der Waals surface area (Å²) in [5.74, 6) is -1.23. The minimum atomic E-state index is -0.957. The molecule has 1 aliphatic heterocycles. The molecule has 3 rings (SSSR count). The third-order valence-corrected chi connectivity index (χ3v) is 5.09. The Bertz CT molecular complexity index is 667. The molecule has 1 fully saturated rings. The van der Waals surface area contributed by atoms with Gasteiger partial charge in [0.1, 0.15) is 6.04 Å². The van der Waals surface area contributed by atoms with Gasteiger partial charge < -0.3 is 10.0 Å². The van der Waals surface area contributed by atoms with Gasteiger partial charge in [0.05, 0.1) is 0 Å². The fourth-order valence-corrected chi connectivity index (χ4v) is 3.74. The van der Waals surface area contributed by atoms with E-state index in [1.54, 1.807) is 0 Å². The molecule has 0 aromatic heterocycles. The van der Waals surface area contributed by atoms with Gasteiger partial charge in [-0.2, -0.15) is 0 Å². The van der Waals surface area contributed by atoms with Gasteiger partial charge in [0.15, 0.2) is 5.78 Å². The zero-order valence-corrected chi connectivity index (χ0v) is 13.8. The van der Waals surface area contributed by atoms with E-state index in [0.29, 0.717) is 24.9 Å². The second-order valence-corrected chi connectivity index (χ2v) is 6.70. The van der Waals surface area contributed by atoms with Crippen LogP contribution >= 0.6 is 0 Å². The average molecular weight is 329 g/mol. The number of hydrogen-bond donors (Lipinski definition) is 1. The molecule has 1 aromatic rings. The molecule has 5 nitrogen and oxygen atoms in total. The summed E-state index contributed by atoms with van der Waals surface area (Å²) < 4.78 is 0. The van der Waals surface area contributed by atoms with Crippen molar-refractivity contribution in [3.05, 3.63) is 34.9 Å². The Balaban J connectivity index is 1.59. The van der Waals surface area contributed by atoms with Crippen molar-refractivity contribution in [1.82, 2.24) is 4.90 Å². The molecule has 0 spiro atoms. The van der Waals surface area contributed by atoms with Gasteiger partial charge in [-0.15, -0.1) is 0 Å². The van der Waals surface area contributed by atoms with Crippen LogP contribution in [0.4, 0.5) is 0 Å². The van der Waals surface area contributed by atoms with Crippen molar-refractivity contribution in [2.75, 3.05) is 6.54 Å². The summed E-state index contributed by atoms with van der Waals surface area (Å²) in [4.78, 5) is 37.2. The summed E-state index contributed by atoms with van der Waals surface area (Å²) in [5.41, 5.74) is 3.25. The van der Waals surface area contributed by atoms with Gasteiger partial charge in [-0.25, -0.2) is 4.79 Å². The lowest BCUT2D eigenvalue weighted by atomic mass is 9.89. The Morgan fingerprint density at radius 3 is 2.54 bits per heavy atom. The second-order valence-electron chi connectivity index (χ2n) is 6.70. The number of aryl methyl sites for hydroxylation is 2. The van der Waals surface area contributed by atoms with E-state index in [-0.39, 0.29) is 24.5 Å². The number of fused-ring (bicyclic) bond motifs is 1. The molecule has 1 atom stereocenters. The molecule has 1 amide bonds. The van der Waals surface area contributed by atoms with Crippen molar-refractivity contribution in [2.45, 2.75) is 57.4 Å². The Hall–Kier alpha value is -2.17. The summed E-state index contributed by atoms with van der Waals surface area (Å²) in [6, 6.07) is 5.13. The molecule has 2 aliphatic rings. The third-order valence-electron chi connectivity index (χ3n) is 5.09. The van der Waals surface area contributed by atoms with Crippen LogP contribution in [0.3, 0.4) is 0 Å². The maximum Gasteiger partial charge on any atom is 0.326 e. The molecule has 1 heterocycles. The van der Waals surface area contributed by atoms with Gasteiger partial charge in [0.2, 0.25) is 5.91 Å². The molecule has 5 heteroatoms. The van der Waals surface area contributed by atoms with Gasteiger partial charge >= 0.3 is 5.97 Å². The molecule has 0 radical (unpaired) electrons. The third kappa shape index (κ3) is 3.50. The molecule has 0 bridgehead atoms.